The second-order valence-electron chi connectivity index (χ2n) is 2.89. The molecule has 4 heteroatoms. The highest BCUT2D eigenvalue weighted by Crippen LogP contribution is 2.25. The summed E-state index contributed by atoms with van der Waals surface area (Å²) in [5.41, 5.74) is 0.623. The van der Waals surface area contributed by atoms with Crippen molar-refractivity contribution in [2.24, 2.45) is 0 Å². The quantitative estimate of drug-likeness (QED) is 0.766. The Bertz CT molecular complexity index is 333. The number of rotatable bonds is 4. The fourth-order valence-corrected chi connectivity index (χ4v) is 1.01. The lowest BCUT2D eigenvalue weighted by atomic mass is 10.2. The van der Waals surface area contributed by atoms with Crippen LogP contribution in [0.15, 0.2) is 18.2 Å². The van der Waals surface area contributed by atoms with Crippen LogP contribution in [0, 0.1) is 6.92 Å². The lowest BCUT2D eigenvalue weighted by molar-refractivity contribution is -0.137. The molecule has 0 aromatic heterocycles. The van der Waals surface area contributed by atoms with Crippen molar-refractivity contribution < 1.29 is 19.7 Å². The molecule has 14 heavy (non-hydrogen) atoms. The summed E-state index contributed by atoms with van der Waals surface area (Å²) >= 11 is 0. The summed E-state index contributed by atoms with van der Waals surface area (Å²) in [6.45, 7) is 1.82. The zero-order valence-corrected chi connectivity index (χ0v) is 7.86. The van der Waals surface area contributed by atoms with Crippen molar-refractivity contribution in [3.05, 3.63) is 23.8 Å². The van der Waals surface area contributed by atoms with Gasteiger partial charge in [0, 0.05) is 5.56 Å². The largest absolute Gasteiger partial charge is 0.508 e. The van der Waals surface area contributed by atoms with E-state index in [4.69, 9.17) is 9.84 Å². The average Bonchev–Trinajstić information content (AvgIpc) is 2.12. The average molecular weight is 196 g/mol. The Labute approximate surface area is 81.8 Å². The minimum Gasteiger partial charge on any atom is -0.508 e. The number of hydrogen-bond acceptors (Lipinski definition) is 3. The third kappa shape index (κ3) is 2.65. The van der Waals surface area contributed by atoms with Crippen LogP contribution in [-0.4, -0.2) is 22.8 Å². The third-order valence-corrected chi connectivity index (χ3v) is 1.83. The second kappa shape index (κ2) is 4.50. The van der Waals surface area contributed by atoms with E-state index in [9.17, 15) is 9.90 Å². The fraction of sp³-hybridized carbons (Fsp3) is 0.300. The van der Waals surface area contributed by atoms with E-state index >= 15 is 0 Å². The highest BCUT2D eigenvalue weighted by atomic mass is 16.5. The summed E-state index contributed by atoms with van der Waals surface area (Å²) in [5, 5.41) is 17.7. The summed E-state index contributed by atoms with van der Waals surface area (Å²) in [7, 11) is 0. The van der Waals surface area contributed by atoms with Crippen LogP contribution in [0.1, 0.15) is 12.0 Å². The number of hydrogen-bond donors (Lipinski definition) is 2. The molecule has 0 aliphatic heterocycles. The number of benzene rings is 1. The molecule has 1 aromatic carbocycles. The Hall–Kier alpha value is -1.71. The van der Waals surface area contributed by atoms with Gasteiger partial charge in [0.2, 0.25) is 0 Å². The molecular weight excluding hydrogens is 184 g/mol. The number of carboxylic acid groups (broad SMARTS) is 1. The van der Waals surface area contributed by atoms with Crippen molar-refractivity contribution in [2.75, 3.05) is 6.61 Å². The molecule has 1 aromatic rings. The van der Waals surface area contributed by atoms with E-state index < -0.39 is 5.97 Å². The monoisotopic (exact) mass is 196 g/mol. The number of phenolic OH excluding ortho intramolecular Hbond substituents is 1. The van der Waals surface area contributed by atoms with Gasteiger partial charge in [-0.2, -0.15) is 0 Å². The van der Waals surface area contributed by atoms with Crippen molar-refractivity contribution in [1.82, 2.24) is 0 Å². The number of ether oxygens (including phenoxy) is 1. The van der Waals surface area contributed by atoms with Crippen LogP contribution in [0.3, 0.4) is 0 Å². The number of carbonyl (C=O) groups is 1. The van der Waals surface area contributed by atoms with E-state index in [2.05, 4.69) is 0 Å². The van der Waals surface area contributed by atoms with Crippen LogP contribution in [0.5, 0.6) is 11.5 Å². The molecule has 0 radical (unpaired) electrons. The maximum atomic E-state index is 10.2. The maximum Gasteiger partial charge on any atom is 0.306 e. The predicted octanol–water partition coefficient (Wildman–Crippen LogP) is 1.55. The van der Waals surface area contributed by atoms with Gasteiger partial charge in [-0.05, 0) is 19.1 Å². The van der Waals surface area contributed by atoms with E-state index in [1.165, 1.54) is 0 Å². The molecule has 0 unspecified atom stereocenters. The SMILES string of the molecule is Cc1c(O)cccc1OCCC(=O)O. The van der Waals surface area contributed by atoms with Gasteiger partial charge >= 0.3 is 5.97 Å². The van der Waals surface area contributed by atoms with E-state index in [-0.39, 0.29) is 18.8 Å². The van der Waals surface area contributed by atoms with Gasteiger partial charge < -0.3 is 14.9 Å². The van der Waals surface area contributed by atoms with Gasteiger partial charge in [0.15, 0.2) is 0 Å². The van der Waals surface area contributed by atoms with Gasteiger partial charge in [-0.3, -0.25) is 4.79 Å². The van der Waals surface area contributed by atoms with Crippen molar-refractivity contribution in [3.63, 3.8) is 0 Å². The molecule has 0 fully saturated rings. The van der Waals surface area contributed by atoms with Gasteiger partial charge in [-0.15, -0.1) is 0 Å². The van der Waals surface area contributed by atoms with Crippen molar-refractivity contribution >= 4 is 5.97 Å². The summed E-state index contributed by atoms with van der Waals surface area (Å²) < 4.78 is 5.19. The Balaban J connectivity index is 2.59. The first kappa shape index (κ1) is 10.4. The van der Waals surface area contributed by atoms with Gasteiger partial charge in [-0.1, -0.05) is 6.07 Å². The first-order chi connectivity index (χ1) is 6.61. The molecule has 0 saturated heterocycles. The third-order valence-electron chi connectivity index (χ3n) is 1.83. The molecule has 0 atom stereocenters. The standard InChI is InChI=1S/C10H12O4/c1-7-8(11)3-2-4-9(7)14-6-5-10(12)13/h2-4,11H,5-6H2,1H3,(H,12,13). The highest BCUT2D eigenvalue weighted by Gasteiger charge is 2.04. The number of aliphatic carboxylic acids is 1. The van der Waals surface area contributed by atoms with Crippen LogP contribution < -0.4 is 4.74 Å². The Morgan fingerprint density at radius 1 is 1.50 bits per heavy atom. The molecule has 0 aliphatic rings. The Morgan fingerprint density at radius 3 is 2.86 bits per heavy atom. The molecule has 4 nitrogen and oxygen atoms in total. The molecule has 0 bridgehead atoms. The zero-order valence-electron chi connectivity index (χ0n) is 7.86. The van der Waals surface area contributed by atoms with Crippen molar-refractivity contribution in [2.45, 2.75) is 13.3 Å². The molecular formula is C10H12O4. The minimum atomic E-state index is -0.900. The van der Waals surface area contributed by atoms with Crippen LogP contribution in [0.4, 0.5) is 0 Å². The summed E-state index contributed by atoms with van der Waals surface area (Å²) in [5.74, 6) is -0.230. The molecule has 0 spiro atoms. The fourth-order valence-electron chi connectivity index (χ4n) is 1.01. The molecule has 1 rings (SSSR count). The van der Waals surface area contributed by atoms with Gasteiger partial charge in [-0.25, -0.2) is 0 Å². The zero-order chi connectivity index (χ0) is 10.6. The van der Waals surface area contributed by atoms with Gasteiger partial charge in [0.25, 0.3) is 0 Å². The summed E-state index contributed by atoms with van der Waals surface area (Å²) in [6.07, 6.45) is -0.0465. The topological polar surface area (TPSA) is 66.8 Å². The smallest absolute Gasteiger partial charge is 0.306 e. The lowest BCUT2D eigenvalue weighted by Gasteiger charge is -2.08. The summed E-state index contributed by atoms with van der Waals surface area (Å²) in [6, 6.07) is 4.90. The van der Waals surface area contributed by atoms with E-state index in [0.717, 1.165) is 0 Å². The molecule has 2 N–H and O–H groups in total. The van der Waals surface area contributed by atoms with E-state index in [1.807, 2.05) is 0 Å². The lowest BCUT2D eigenvalue weighted by Crippen LogP contribution is -2.05. The molecule has 0 heterocycles. The van der Waals surface area contributed by atoms with Crippen LogP contribution in [0.25, 0.3) is 0 Å². The van der Waals surface area contributed by atoms with Crippen molar-refractivity contribution in [1.29, 1.82) is 0 Å². The van der Waals surface area contributed by atoms with Crippen LogP contribution >= 0.6 is 0 Å². The van der Waals surface area contributed by atoms with Crippen molar-refractivity contribution in [3.8, 4) is 11.5 Å². The Morgan fingerprint density at radius 2 is 2.21 bits per heavy atom. The van der Waals surface area contributed by atoms with Crippen LogP contribution in [-0.2, 0) is 4.79 Å². The maximum absolute atomic E-state index is 10.2. The number of carboxylic acids is 1. The normalized spacial score (nSPS) is 9.79. The van der Waals surface area contributed by atoms with E-state index in [0.29, 0.717) is 11.3 Å². The molecule has 0 saturated carbocycles. The molecule has 76 valence electrons. The summed E-state index contributed by atoms with van der Waals surface area (Å²) in [4.78, 5) is 10.2. The Kier molecular flexibility index (Phi) is 3.34. The van der Waals surface area contributed by atoms with Crippen LogP contribution in [0.2, 0.25) is 0 Å². The second-order valence-corrected chi connectivity index (χ2v) is 2.89. The highest BCUT2D eigenvalue weighted by molar-refractivity contribution is 5.66. The van der Waals surface area contributed by atoms with E-state index in [1.54, 1.807) is 25.1 Å². The molecule has 0 amide bonds. The first-order valence-corrected chi connectivity index (χ1v) is 4.24. The number of aromatic hydroxyl groups is 1. The first-order valence-electron chi connectivity index (χ1n) is 4.24. The molecule has 0 aliphatic carbocycles. The minimum absolute atomic E-state index is 0.0465. The predicted molar refractivity (Wildman–Crippen MR) is 50.6 cm³/mol. The van der Waals surface area contributed by atoms with Gasteiger partial charge in [0.05, 0.1) is 13.0 Å². The van der Waals surface area contributed by atoms with Gasteiger partial charge in [0.1, 0.15) is 11.5 Å². The number of phenols is 1.